The molecule has 3 rings (SSSR count). The van der Waals surface area contributed by atoms with Gasteiger partial charge in [0.25, 0.3) is 11.8 Å². The molecule has 2 aromatic carbocycles. The minimum absolute atomic E-state index is 0.254. The monoisotopic (exact) mass is 320 g/mol. The summed E-state index contributed by atoms with van der Waals surface area (Å²) in [7, 11) is 0. The summed E-state index contributed by atoms with van der Waals surface area (Å²) in [5.41, 5.74) is 8.95. The molecule has 2 amide bonds. The van der Waals surface area contributed by atoms with Gasteiger partial charge in [-0.3, -0.25) is 14.7 Å². The largest absolute Gasteiger partial charge is 0.366 e. The average molecular weight is 320 g/mol. The number of hydrogen-bond acceptors (Lipinski definition) is 3. The second-order valence-corrected chi connectivity index (χ2v) is 5.40. The zero-order valence-corrected chi connectivity index (χ0v) is 13.0. The van der Waals surface area contributed by atoms with Gasteiger partial charge in [0.05, 0.1) is 16.9 Å². The van der Waals surface area contributed by atoms with Gasteiger partial charge in [-0.1, -0.05) is 42.0 Å². The number of benzene rings is 2. The van der Waals surface area contributed by atoms with Crippen LogP contribution in [0.25, 0.3) is 11.3 Å². The molecule has 6 nitrogen and oxygen atoms in total. The molecule has 0 spiro atoms. The van der Waals surface area contributed by atoms with Crippen LogP contribution in [0.4, 0.5) is 5.69 Å². The molecule has 0 unspecified atom stereocenters. The number of nitrogens with one attached hydrogen (secondary N) is 2. The SMILES string of the molecule is Cc1ccc(-c2cc(C(=O)Nc3ccccc3C(N)=O)[nH]n2)cc1. The summed E-state index contributed by atoms with van der Waals surface area (Å²) >= 11 is 0. The lowest BCUT2D eigenvalue weighted by Gasteiger charge is -2.07. The van der Waals surface area contributed by atoms with Crippen LogP contribution in [0.3, 0.4) is 0 Å². The number of primary amides is 1. The lowest BCUT2D eigenvalue weighted by molar-refractivity contribution is 0.100. The Hall–Kier alpha value is -3.41. The van der Waals surface area contributed by atoms with Gasteiger partial charge in [0.1, 0.15) is 5.69 Å². The average Bonchev–Trinajstić information content (AvgIpc) is 3.06. The second kappa shape index (κ2) is 6.37. The number of carbonyl (C=O) groups excluding carboxylic acids is 2. The minimum atomic E-state index is -0.601. The fraction of sp³-hybridized carbons (Fsp3) is 0.0556. The molecule has 6 heteroatoms. The number of aryl methyl sites for hydroxylation is 1. The summed E-state index contributed by atoms with van der Waals surface area (Å²) in [4.78, 5) is 23.8. The van der Waals surface area contributed by atoms with Crippen molar-refractivity contribution in [3.05, 3.63) is 71.4 Å². The van der Waals surface area contributed by atoms with Gasteiger partial charge in [-0.15, -0.1) is 0 Å². The Labute approximate surface area is 138 Å². The predicted octanol–water partition coefficient (Wildman–Crippen LogP) is 2.74. The number of aromatic nitrogens is 2. The Morgan fingerprint density at radius 1 is 1.08 bits per heavy atom. The van der Waals surface area contributed by atoms with E-state index in [9.17, 15) is 9.59 Å². The van der Waals surface area contributed by atoms with Crippen molar-refractivity contribution in [2.45, 2.75) is 6.92 Å². The molecule has 24 heavy (non-hydrogen) atoms. The van der Waals surface area contributed by atoms with Crippen molar-refractivity contribution in [2.24, 2.45) is 5.73 Å². The third-order valence-electron chi connectivity index (χ3n) is 3.61. The molecule has 1 aromatic heterocycles. The van der Waals surface area contributed by atoms with Gasteiger partial charge in [0, 0.05) is 5.56 Å². The number of carbonyl (C=O) groups is 2. The molecule has 0 aliphatic heterocycles. The fourth-order valence-corrected chi connectivity index (χ4v) is 2.31. The van der Waals surface area contributed by atoms with Crippen LogP contribution in [0.1, 0.15) is 26.4 Å². The number of aromatic amines is 1. The first-order valence-electron chi connectivity index (χ1n) is 7.37. The molecule has 0 saturated carbocycles. The lowest BCUT2D eigenvalue weighted by atomic mass is 10.1. The number of nitrogens with zero attached hydrogens (tertiary/aromatic N) is 1. The fourth-order valence-electron chi connectivity index (χ4n) is 2.31. The zero-order chi connectivity index (χ0) is 17.1. The molecule has 1 heterocycles. The van der Waals surface area contributed by atoms with E-state index in [0.29, 0.717) is 17.1 Å². The van der Waals surface area contributed by atoms with E-state index < -0.39 is 11.8 Å². The van der Waals surface area contributed by atoms with Crippen molar-refractivity contribution < 1.29 is 9.59 Å². The van der Waals surface area contributed by atoms with Crippen LogP contribution >= 0.6 is 0 Å². The van der Waals surface area contributed by atoms with Crippen LogP contribution in [-0.4, -0.2) is 22.0 Å². The van der Waals surface area contributed by atoms with Gasteiger partial charge in [-0.2, -0.15) is 5.10 Å². The number of rotatable bonds is 4. The van der Waals surface area contributed by atoms with Crippen LogP contribution in [0.15, 0.2) is 54.6 Å². The van der Waals surface area contributed by atoms with Crippen LogP contribution in [0, 0.1) is 6.92 Å². The summed E-state index contributed by atoms with van der Waals surface area (Å²) in [5, 5.41) is 9.54. The van der Waals surface area contributed by atoms with E-state index in [4.69, 9.17) is 5.73 Å². The Balaban J connectivity index is 1.82. The van der Waals surface area contributed by atoms with Crippen molar-refractivity contribution in [3.8, 4) is 11.3 Å². The zero-order valence-electron chi connectivity index (χ0n) is 13.0. The number of H-pyrrole nitrogens is 1. The Kier molecular flexibility index (Phi) is 4.11. The summed E-state index contributed by atoms with van der Waals surface area (Å²) in [5.74, 6) is -0.995. The maximum absolute atomic E-state index is 12.4. The van der Waals surface area contributed by atoms with Gasteiger partial charge in [0.2, 0.25) is 0 Å². The third-order valence-corrected chi connectivity index (χ3v) is 3.61. The molecule has 0 aliphatic carbocycles. The molecular formula is C18H16N4O2. The maximum Gasteiger partial charge on any atom is 0.273 e. The molecular weight excluding hydrogens is 304 g/mol. The molecule has 0 aliphatic rings. The third kappa shape index (κ3) is 3.17. The molecule has 3 aromatic rings. The first-order chi connectivity index (χ1) is 11.5. The van der Waals surface area contributed by atoms with Crippen LogP contribution in [0.5, 0.6) is 0 Å². The van der Waals surface area contributed by atoms with Gasteiger partial charge in [-0.05, 0) is 25.1 Å². The number of anilines is 1. The highest BCUT2D eigenvalue weighted by molar-refractivity contribution is 6.08. The van der Waals surface area contributed by atoms with Crippen LogP contribution in [-0.2, 0) is 0 Å². The summed E-state index contributed by atoms with van der Waals surface area (Å²) in [6, 6.07) is 16.1. The van der Waals surface area contributed by atoms with Crippen molar-refractivity contribution in [3.63, 3.8) is 0 Å². The predicted molar refractivity (Wildman–Crippen MR) is 91.7 cm³/mol. The van der Waals surface area contributed by atoms with Crippen molar-refractivity contribution in [1.29, 1.82) is 0 Å². The minimum Gasteiger partial charge on any atom is -0.366 e. The quantitative estimate of drug-likeness (QED) is 0.689. The molecule has 0 atom stereocenters. The van der Waals surface area contributed by atoms with Gasteiger partial charge >= 0.3 is 0 Å². The molecule has 0 saturated heterocycles. The molecule has 120 valence electrons. The number of amides is 2. The molecule has 0 fully saturated rings. The van der Waals surface area contributed by atoms with Crippen LogP contribution in [0.2, 0.25) is 0 Å². The van der Waals surface area contributed by atoms with Crippen molar-refractivity contribution in [1.82, 2.24) is 10.2 Å². The standard InChI is InChI=1S/C18H16N4O2/c1-11-6-8-12(9-7-11)15-10-16(22-21-15)18(24)20-14-5-3-2-4-13(14)17(19)23/h2-10H,1H3,(H2,19,23)(H,20,24)(H,21,22). The number of nitrogens with two attached hydrogens (primary N) is 1. The topological polar surface area (TPSA) is 101 Å². The highest BCUT2D eigenvalue weighted by Crippen LogP contribution is 2.20. The smallest absolute Gasteiger partial charge is 0.273 e. The maximum atomic E-state index is 12.4. The van der Waals surface area contributed by atoms with Gasteiger partial charge < -0.3 is 11.1 Å². The Morgan fingerprint density at radius 2 is 1.79 bits per heavy atom. The van der Waals surface area contributed by atoms with E-state index in [1.54, 1.807) is 30.3 Å². The van der Waals surface area contributed by atoms with Gasteiger partial charge in [-0.25, -0.2) is 0 Å². The van der Waals surface area contributed by atoms with Crippen molar-refractivity contribution >= 4 is 17.5 Å². The molecule has 0 radical (unpaired) electrons. The normalized spacial score (nSPS) is 10.4. The molecule has 4 N–H and O–H groups in total. The lowest BCUT2D eigenvalue weighted by Crippen LogP contribution is -2.18. The van der Waals surface area contributed by atoms with E-state index in [-0.39, 0.29) is 5.56 Å². The summed E-state index contributed by atoms with van der Waals surface area (Å²) in [6.45, 7) is 2.00. The van der Waals surface area contributed by atoms with E-state index in [0.717, 1.165) is 11.1 Å². The summed E-state index contributed by atoms with van der Waals surface area (Å²) < 4.78 is 0. The summed E-state index contributed by atoms with van der Waals surface area (Å²) in [6.07, 6.45) is 0. The highest BCUT2D eigenvalue weighted by atomic mass is 16.2. The Morgan fingerprint density at radius 3 is 2.50 bits per heavy atom. The van der Waals surface area contributed by atoms with E-state index >= 15 is 0 Å². The van der Waals surface area contributed by atoms with E-state index in [2.05, 4.69) is 15.5 Å². The van der Waals surface area contributed by atoms with E-state index in [1.807, 2.05) is 31.2 Å². The molecule has 0 bridgehead atoms. The Bertz CT molecular complexity index is 897. The van der Waals surface area contributed by atoms with Crippen molar-refractivity contribution in [2.75, 3.05) is 5.32 Å². The van der Waals surface area contributed by atoms with E-state index in [1.165, 1.54) is 0 Å². The first kappa shape index (κ1) is 15.5. The number of hydrogen-bond donors (Lipinski definition) is 3. The highest BCUT2D eigenvalue weighted by Gasteiger charge is 2.14. The second-order valence-electron chi connectivity index (χ2n) is 5.40. The first-order valence-corrected chi connectivity index (χ1v) is 7.37. The number of para-hydroxylation sites is 1. The van der Waals surface area contributed by atoms with Crippen LogP contribution < -0.4 is 11.1 Å². The van der Waals surface area contributed by atoms with Gasteiger partial charge in [0.15, 0.2) is 0 Å².